The number of carbonyl (C=O) groups excluding carboxylic acids is 1. The minimum atomic E-state index is -4.35. The fourth-order valence-electron chi connectivity index (χ4n) is 1.55. The van der Waals surface area contributed by atoms with Gasteiger partial charge in [0.2, 0.25) is 5.91 Å². The van der Waals surface area contributed by atoms with Crippen LogP contribution in [0.1, 0.15) is 5.56 Å². The zero-order chi connectivity index (χ0) is 15.9. The average Bonchev–Trinajstić information content (AvgIpc) is 2.37. The van der Waals surface area contributed by atoms with Crippen LogP contribution in [0.15, 0.2) is 30.3 Å². The van der Waals surface area contributed by atoms with Crippen LogP contribution in [-0.2, 0) is 16.0 Å². The third-order valence-electron chi connectivity index (χ3n) is 2.41. The predicted molar refractivity (Wildman–Crippen MR) is 73.1 cm³/mol. The molecule has 1 atom stereocenters. The third-order valence-corrected chi connectivity index (χ3v) is 3.41. The highest BCUT2D eigenvalue weighted by Crippen LogP contribution is 2.20. The summed E-state index contributed by atoms with van der Waals surface area (Å²) in [4.78, 5) is 22.5. The summed E-state index contributed by atoms with van der Waals surface area (Å²) in [6.45, 7) is 0. The Bertz CT molecular complexity index is 479. The molecule has 1 amide bonds. The normalized spacial score (nSPS) is 12.7. The van der Waals surface area contributed by atoms with Gasteiger partial charge in [0, 0.05) is 6.42 Å². The summed E-state index contributed by atoms with van der Waals surface area (Å²) in [6, 6.07) is 7.49. The van der Waals surface area contributed by atoms with Gasteiger partial charge in [-0.15, -0.1) is 11.8 Å². The molecule has 0 spiro atoms. The number of hydrogen-bond donors (Lipinski definition) is 2. The summed E-state index contributed by atoms with van der Waals surface area (Å²) >= 11 is 0.398. The van der Waals surface area contributed by atoms with E-state index in [1.165, 1.54) is 0 Å². The maximum atomic E-state index is 11.9. The Hall–Kier alpha value is -1.70. The topological polar surface area (TPSA) is 66.4 Å². The van der Waals surface area contributed by atoms with Crippen LogP contribution < -0.4 is 5.32 Å². The van der Waals surface area contributed by atoms with Crippen molar-refractivity contribution in [1.82, 2.24) is 5.32 Å². The van der Waals surface area contributed by atoms with Gasteiger partial charge in [0.1, 0.15) is 6.04 Å². The molecule has 8 heteroatoms. The first-order valence-electron chi connectivity index (χ1n) is 5.98. The molecule has 1 rings (SSSR count). The van der Waals surface area contributed by atoms with E-state index < -0.39 is 35.6 Å². The van der Waals surface area contributed by atoms with Gasteiger partial charge in [-0.25, -0.2) is 4.79 Å². The minimum absolute atomic E-state index is 0.0752. The van der Waals surface area contributed by atoms with Gasteiger partial charge < -0.3 is 10.4 Å². The van der Waals surface area contributed by atoms with E-state index in [0.717, 1.165) is 0 Å². The van der Waals surface area contributed by atoms with Gasteiger partial charge in [-0.2, -0.15) is 13.2 Å². The van der Waals surface area contributed by atoms with Crippen molar-refractivity contribution < 1.29 is 27.9 Å². The molecule has 4 nitrogen and oxygen atoms in total. The summed E-state index contributed by atoms with van der Waals surface area (Å²) in [5.41, 5.74) is 0.716. The van der Waals surface area contributed by atoms with E-state index in [-0.39, 0.29) is 6.42 Å². The fourth-order valence-corrected chi connectivity index (χ4v) is 2.15. The van der Waals surface area contributed by atoms with Crippen LogP contribution in [-0.4, -0.2) is 40.7 Å². The van der Waals surface area contributed by atoms with Crippen molar-refractivity contribution in [3.8, 4) is 0 Å². The largest absolute Gasteiger partial charge is 0.480 e. The molecule has 0 bridgehead atoms. The monoisotopic (exact) mass is 321 g/mol. The first kappa shape index (κ1) is 17.4. The van der Waals surface area contributed by atoms with E-state index in [1.807, 2.05) is 0 Å². The van der Waals surface area contributed by atoms with Crippen molar-refractivity contribution in [2.75, 3.05) is 11.5 Å². The Labute approximate surface area is 123 Å². The molecule has 0 radical (unpaired) electrons. The van der Waals surface area contributed by atoms with Gasteiger partial charge >= 0.3 is 12.1 Å². The SMILES string of the molecule is O=C(CSCC(F)(F)F)NC(Cc1ccccc1)C(=O)O. The molecule has 1 aromatic rings. The van der Waals surface area contributed by atoms with Crippen LogP contribution in [0.3, 0.4) is 0 Å². The molecular formula is C13H14F3NO3S. The number of hydrogen-bond acceptors (Lipinski definition) is 3. The number of carboxylic acids is 1. The average molecular weight is 321 g/mol. The Morgan fingerprint density at radius 1 is 1.24 bits per heavy atom. The Morgan fingerprint density at radius 2 is 1.86 bits per heavy atom. The Balaban J connectivity index is 2.47. The summed E-state index contributed by atoms with van der Waals surface area (Å²) in [7, 11) is 0. The number of benzene rings is 1. The molecule has 0 saturated heterocycles. The molecule has 0 saturated carbocycles. The van der Waals surface area contributed by atoms with Crippen LogP contribution in [0, 0.1) is 0 Å². The van der Waals surface area contributed by atoms with E-state index in [4.69, 9.17) is 5.11 Å². The molecule has 0 aliphatic rings. The second-order valence-corrected chi connectivity index (χ2v) is 5.24. The van der Waals surface area contributed by atoms with E-state index in [0.29, 0.717) is 17.3 Å². The van der Waals surface area contributed by atoms with Crippen molar-refractivity contribution in [3.05, 3.63) is 35.9 Å². The lowest BCUT2D eigenvalue weighted by Gasteiger charge is -2.14. The molecule has 0 fully saturated rings. The van der Waals surface area contributed by atoms with E-state index >= 15 is 0 Å². The molecule has 0 heterocycles. The highest BCUT2D eigenvalue weighted by Gasteiger charge is 2.27. The van der Waals surface area contributed by atoms with Crippen LogP contribution in [0.4, 0.5) is 13.2 Å². The number of halogens is 3. The predicted octanol–water partition coefficient (Wildman–Crippen LogP) is 2.09. The molecule has 1 aromatic carbocycles. The number of nitrogens with one attached hydrogen (secondary N) is 1. The molecule has 21 heavy (non-hydrogen) atoms. The van der Waals surface area contributed by atoms with E-state index in [9.17, 15) is 22.8 Å². The number of rotatable bonds is 7. The Kier molecular flexibility index (Phi) is 6.54. The molecule has 0 aromatic heterocycles. The van der Waals surface area contributed by atoms with Crippen LogP contribution in [0.5, 0.6) is 0 Å². The molecule has 1 unspecified atom stereocenters. The van der Waals surface area contributed by atoms with Gasteiger partial charge in [-0.05, 0) is 5.56 Å². The first-order chi connectivity index (χ1) is 9.78. The number of aliphatic carboxylic acids is 1. The number of carbonyl (C=O) groups is 2. The molecule has 0 aliphatic heterocycles. The van der Waals surface area contributed by atoms with Crippen molar-refractivity contribution in [3.63, 3.8) is 0 Å². The van der Waals surface area contributed by atoms with Gasteiger partial charge in [-0.3, -0.25) is 4.79 Å². The lowest BCUT2D eigenvalue weighted by Crippen LogP contribution is -2.43. The summed E-state index contributed by atoms with van der Waals surface area (Å²) < 4.78 is 35.8. The van der Waals surface area contributed by atoms with Crippen molar-refractivity contribution in [1.29, 1.82) is 0 Å². The molecule has 0 aliphatic carbocycles. The van der Waals surface area contributed by atoms with Crippen LogP contribution in [0.2, 0.25) is 0 Å². The quantitative estimate of drug-likeness (QED) is 0.807. The highest BCUT2D eigenvalue weighted by atomic mass is 32.2. The molecule has 2 N–H and O–H groups in total. The molecule has 116 valence electrons. The summed E-state index contributed by atoms with van der Waals surface area (Å²) in [5.74, 6) is -3.53. The van der Waals surface area contributed by atoms with Crippen molar-refractivity contribution in [2.24, 2.45) is 0 Å². The minimum Gasteiger partial charge on any atom is -0.480 e. The second kappa shape index (κ2) is 7.92. The maximum Gasteiger partial charge on any atom is 0.397 e. The molecular weight excluding hydrogens is 307 g/mol. The number of alkyl halides is 3. The first-order valence-corrected chi connectivity index (χ1v) is 7.14. The van der Waals surface area contributed by atoms with Crippen molar-refractivity contribution in [2.45, 2.75) is 18.6 Å². The highest BCUT2D eigenvalue weighted by molar-refractivity contribution is 8.00. The zero-order valence-electron chi connectivity index (χ0n) is 10.9. The fraction of sp³-hybridized carbons (Fsp3) is 0.385. The van der Waals surface area contributed by atoms with Gasteiger partial charge in [0.25, 0.3) is 0 Å². The summed E-state index contributed by atoms with van der Waals surface area (Å²) in [6.07, 6.45) is -4.27. The second-order valence-electron chi connectivity index (χ2n) is 4.26. The summed E-state index contributed by atoms with van der Waals surface area (Å²) in [5, 5.41) is 11.3. The van der Waals surface area contributed by atoms with Crippen molar-refractivity contribution >= 4 is 23.6 Å². The lowest BCUT2D eigenvalue weighted by atomic mass is 10.1. The third kappa shape index (κ3) is 7.60. The zero-order valence-corrected chi connectivity index (χ0v) is 11.7. The van der Waals surface area contributed by atoms with E-state index in [1.54, 1.807) is 30.3 Å². The van der Waals surface area contributed by atoms with Gasteiger partial charge in [-0.1, -0.05) is 30.3 Å². The Morgan fingerprint density at radius 3 is 2.38 bits per heavy atom. The van der Waals surface area contributed by atoms with Gasteiger partial charge in [0.05, 0.1) is 11.5 Å². The van der Waals surface area contributed by atoms with Crippen LogP contribution in [0.25, 0.3) is 0 Å². The maximum absolute atomic E-state index is 11.9. The number of amides is 1. The lowest BCUT2D eigenvalue weighted by molar-refractivity contribution is -0.141. The van der Waals surface area contributed by atoms with Crippen LogP contribution >= 0.6 is 11.8 Å². The number of thioether (sulfide) groups is 1. The van der Waals surface area contributed by atoms with E-state index in [2.05, 4.69) is 5.32 Å². The van der Waals surface area contributed by atoms with Gasteiger partial charge in [0.15, 0.2) is 0 Å². The standard InChI is InChI=1S/C13H14F3NO3S/c14-13(15,16)8-21-7-11(18)17-10(12(19)20)6-9-4-2-1-3-5-9/h1-5,10H,6-8H2,(H,17,18)(H,19,20). The number of carboxylic acid groups (broad SMARTS) is 1. The smallest absolute Gasteiger partial charge is 0.397 e.